The van der Waals surface area contributed by atoms with Crippen molar-refractivity contribution in [2.24, 2.45) is 5.73 Å². The number of nitrogens with zero attached hydrogens (tertiary/aromatic N) is 2. The molecule has 0 fully saturated rings. The number of hydrogen-bond donors (Lipinski definition) is 1. The van der Waals surface area contributed by atoms with E-state index in [0.717, 1.165) is 25.1 Å². The van der Waals surface area contributed by atoms with E-state index < -0.39 is 0 Å². The first-order valence-electron chi connectivity index (χ1n) is 4.97. The number of halogens is 1. The van der Waals surface area contributed by atoms with E-state index in [2.05, 4.69) is 46.0 Å². The Bertz CT molecular complexity index is 472. The van der Waals surface area contributed by atoms with Crippen LogP contribution >= 0.6 is 38.6 Å². The van der Waals surface area contributed by atoms with E-state index in [1.165, 1.54) is 5.56 Å². The monoisotopic (exact) mass is 317 g/mol. The average molecular weight is 318 g/mol. The molecule has 2 heterocycles. The van der Waals surface area contributed by atoms with Gasteiger partial charge in [0.1, 0.15) is 5.01 Å². The molecule has 0 spiro atoms. The molecule has 16 heavy (non-hydrogen) atoms. The Morgan fingerprint density at radius 1 is 1.44 bits per heavy atom. The van der Waals surface area contributed by atoms with Crippen LogP contribution in [0.1, 0.15) is 30.0 Å². The minimum absolute atomic E-state index is 0.00995. The van der Waals surface area contributed by atoms with Gasteiger partial charge in [0.25, 0.3) is 0 Å². The molecule has 0 aromatic carbocycles. The van der Waals surface area contributed by atoms with Gasteiger partial charge in [-0.05, 0) is 40.9 Å². The molecule has 0 amide bonds. The van der Waals surface area contributed by atoms with Crippen molar-refractivity contribution in [1.82, 2.24) is 10.2 Å². The average Bonchev–Trinajstić information content (AvgIpc) is 2.86. The predicted molar refractivity (Wildman–Crippen MR) is 72.9 cm³/mol. The summed E-state index contributed by atoms with van der Waals surface area (Å²) in [5.41, 5.74) is 7.16. The Morgan fingerprint density at radius 3 is 2.75 bits per heavy atom. The summed E-state index contributed by atoms with van der Waals surface area (Å²) in [6.45, 7) is 4.13. The van der Waals surface area contributed by atoms with Gasteiger partial charge in [-0.1, -0.05) is 18.3 Å². The van der Waals surface area contributed by atoms with Crippen LogP contribution in [-0.4, -0.2) is 10.2 Å². The van der Waals surface area contributed by atoms with Gasteiger partial charge in [-0.2, -0.15) is 0 Å². The molecular weight excluding hydrogens is 306 g/mol. The smallest absolute Gasteiger partial charge is 0.157 e. The Balaban J connectivity index is 2.31. The molecule has 0 aliphatic carbocycles. The topological polar surface area (TPSA) is 51.8 Å². The van der Waals surface area contributed by atoms with Crippen molar-refractivity contribution in [3.8, 4) is 9.88 Å². The molecule has 0 saturated carbocycles. The Kier molecular flexibility index (Phi) is 3.73. The molecule has 1 unspecified atom stereocenters. The lowest BCUT2D eigenvalue weighted by Gasteiger charge is -2.00. The second kappa shape index (κ2) is 4.91. The lowest BCUT2D eigenvalue weighted by atomic mass is 10.3. The Labute approximate surface area is 111 Å². The molecule has 0 radical (unpaired) electrons. The molecule has 0 saturated heterocycles. The second-order valence-corrected chi connectivity index (χ2v) is 6.91. The van der Waals surface area contributed by atoms with Crippen molar-refractivity contribution in [2.75, 3.05) is 0 Å². The summed E-state index contributed by atoms with van der Waals surface area (Å²) >= 11 is 6.78. The molecule has 0 aliphatic heterocycles. The molecule has 2 rings (SSSR count). The lowest BCUT2D eigenvalue weighted by molar-refractivity contribution is 0.683. The molecule has 6 heteroatoms. The number of nitrogens with two attached hydrogens (primary N) is 1. The van der Waals surface area contributed by atoms with Crippen LogP contribution in [0.3, 0.4) is 0 Å². The number of aryl methyl sites for hydroxylation is 1. The van der Waals surface area contributed by atoms with Gasteiger partial charge in [0, 0.05) is 0 Å². The lowest BCUT2D eigenvalue weighted by Crippen LogP contribution is -2.07. The van der Waals surface area contributed by atoms with Gasteiger partial charge < -0.3 is 5.73 Å². The highest BCUT2D eigenvalue weighted by Gasteiger charge is 2.14. The van der Waals surface area contributed by atoms with Crippen LogP contribution in [0, 0.1) is 6.92 Å². The first-order chi connectivity index (χ1) is 7.61. The fourth-order valence-electron chi connectivity index (χ4n) is 1.22. The summed E-state index contributed by atoms with van der Waals surface area (Å²) in [5, 5.41) is 10.2. The third-order valence-electron chi connectivity index (χ3n) is 2.27. The van der Waals surface area contributed by atoms with Gasteiger partial charge in [0.05, 0.1) is 14.7 Å². The molecular formula is C10H12BrN3S2. The minimum Gasteiger partial charge on any atom is -0.322 e. The van der Waals surface area contributed by atoms with E-state index in [1.54, 1.807) is 22.7 Å². The summed E-state index contributed by atoms with van der Waals surface area (Å²) in [4.78, 5) is 1.15. The first-order valence-corrected chi connectivity index (χ1v) is 7.39. The highest BCUT2D eigenvalue weighted by atomic mass is 79.9. The number of thiophene rings is 1. The molecule has 0 bridgehead atoms. The summed E-state index contributed by atoms with van der Waals surface area (Å²) in [5.74, 6) is 0. The Morgan fingerprint density at radius 2 is 2.19 bits per heavy atom. The van der Waals surface area contributed by atoms with Crippen LogP contribution < -0.4 is 5.73 Å². The van der Waals surface area contributed by atoms with Crippen LogP contribution in [0.5, 0.6) is 0 Å². The molecule has 2 aromatic heterocycles. The maximum absolute atomic E-state index is 5.92. The standard InChI is InChI=1S/C10H12BrN3S2/c1-3-6(12)9-13-14-10(16-9)7-4-5(2)8(11)15-7/h4,6H,3,12H2,1-2H3. The summed E-state index contributed by atoms with van der Waals surface area (Å²) < 4.78 is 1.15. The third kappa shape index (κ3) is 2.34. The van der Waals surface area contributed by atoms with Crippen LogP contribution in [-0.2, 0) is 0 Å². The van der Waals surface area contributed by atoms with Crippen LogP contribution in [0.4, 0.5) is 0 Å². The van der Waals surface area contributed by atoms with Gasteiger partial charge in [0.2, 0.25) is 0 Å². The Hall–Kier alpha value is -0.300. The van der Waals surface area contributed by atoms with E-state index in [-0.39, 0.29) is 6.04 Å². The van der Waals surface area contributed by atoms with Gasteiger partial charge >= 0.3 is 0 Å². The largest absolute Gasteiger partial charge is 0.322 e. The zero-order chi connectivity index (χ0) is 11.7. The number of rotatable bonds is 3. The van der Waals surface area contributed by atoms with Crippen LogP contribution in [0.15, 0.2) is 9.85 Å². The normalized spacial score (nSPS) is 13.0. The van der Waals surface area contributed by atoms with E-state index in [4.69, 9.17) is 5.73 Å². The van der Waals surface area contributed by atoms with E-state index in [9.17, 15) is 0 Å². The number of hydrogen-bond acceptors (Lipinski definition) is 5. The molecule has 86 valence electrons. The highest BCUT2D eigenvalue weighted by molar-refractivity contribution is 9.11. The molecule has 2 aromatic rings. The maximum atomic E-state index is 5.92. The van der Waals surface area contributed by atoms with Crippen molar-refractivity contribution in [2.45, 2.75) is 26.3 Å². The predicted octanol–water partition coefficient (Wildman–Crippen LogP) is 3.75. The summed E-state index contributed by atoms with van der Waals surface area (Å²) in [7, 11) is 0. The molecule has 3 nitrogen and oxygen atoms in total. The van der Waals surface area contributed by atoms with Crippen molar-refractivity contribution in [1.29, 1.82) is 0 Å². The zero-order valence-electron chi connectivity index (χ0n) is 9.03. The highest BCUT2D eigenvalue weighted by Crippen LogP contribution is 2.36. The summed E-state index contributed by atoms with van der Waals surface area (Å²) in [6, 6.07) is 2.13. The maximum Gasteiger partial charge on any atom is 0.157 e. The van der Waals surface area contributed by atoms with Crippen molar-refractivity contribution in [3.63, 3.8) is 0 Å². The van der Waals surface area contributed by atoms with E-state index in [0.29, 0.717) is 0 Å². The van der Waals surface area contributed by atoms with Crippen molar-refractivity contribution >= 4 is 38.6 Å². The minimum atomic E-state index is 0.00995. The quantitative estimate of drug-likeness (QED) is 0.938. The SMILES string of the molecule is CCC(N)c1nnc(-c2cc(C)c(Br)s2)s1. The zero-order valence-corrected chi connectivity index (χ0v) is 12.2. The van der Waals surface area contributed by atoms with Gasteiger partial charge in [-0.3, -0.25) is 0 Å². The van der Waals surface area contributed by atoms with Crippen molar-refractivity contribution < 1.29 is 0 Å². The van der Waals surface area contributed by atoms with Gasteiger partial charge in [0.15, 0.2) is 5.01 Å². The third-order valence-corrected chi connectivity index (χ3v) is 5.63. The molecule has 1 atom stereocenters. The molecule has 0 aliphatic rings. The fourth-order valence-corrected chi connectivity index (χ4v) is 3.73. The first kappa shape index (κ1) is 12.2. The van der Waals surface area contributed by atoms with Gasteiger partial charge in [-0.25, -0.2) is 0 Å². The fraction of sp³-hybridized carbons (Fsp3) is 0.400. The van der Waals surface area contributed by atoms with Crippen LogP contribution in [0.2, 0.25) is 0 Å². The van der Waals surface area contributed by atoms with Gasteiger partial charge in [-0.15, -0.1) is 21.5 Å². The van der Waals surface area contributed by atoms with E-state index in [1.807, 2.05) is 0 Å². The molecule has 2 N–H and O–H groups in total. The number of aromatic nitrogens is 2. The van der Waals surface area contributed by atoms with E-state index >= 15 is 0 Å². The summed E-state index contributed by atoms with van der Waals surface area (Å²) in [6.07, 6.45) is 0.891. The second-order valence-electron chi connectivity index (χ2n) is 3.53. The van der Waals surface area contributed by atoms with Crippen LogP contribution in [0.25, 0.3) is 9.88 Å². The van der Waals surface area contributed by atoms with Crippen molar-refractivity contribution in [3.05, 3.63) is 20.4 Å².